The summed E-state index contributed by atoms with van der Waals surface area (Å²) in [5.74, 6) is 2.84. The molecule has 178 valence electrons. The van der Waals surface area contributed by atoms with Gasteiger partial charge in [0.25, 0.3) is 5.91 Å². The van der Waals surface area contributed by atoms with Crippen LogP contribution in [0.4, 0.5) is 0 Å². The highest BCUT2D eigenvalue weighted by Crippen LogP contribution is 2.28. The zero-order valence-corrected chi connectivity index (χ0v) is 20.7. The maximum absolute atomic E-state index is 13.0. The van der Waals surface area contributed by atoms with E-state index in [1.54, 1.807) is 4.57 Å². The summed E-state index contributed by atoms with van der Waals surface area (Å²) in [6.45, 7) is 3.71. The van der Waals surface area contributed by atoms with Crippen molar-refractivity contribution in [2.75, 3.05) is 19.7 Å². The van der Waals surface area contributed by atoms with E-state index in [9.17, 15) is 13.2 Å². The second-order valence-corrected chi connectivity index (χ2v) is 10.9. The Morgan fingerprint density at radius 2 is 1.82 bits per heavy atom. The molecule has 2 heterocycles. The number of amides is 1. The van der Waals surface area contributed by atoms with E-state index >= 15 is 0 Å². The van der Waals surface area contributed by atoms with E-state index in [2.05, 4.69) is 10.9 Å². The minimum Gasteiger partial charge on any atom is -0.492 e. The second-order valence-electron chi connectivity index (χ2n) is 7.97. The summed E-state index contributed by atoms with van der Waals surface area (Å²) in [6.07, 6.45) is 9.41. The number of carbonyl (C=O) groups excluding carboxylic acids is 1. The summed E-state index contributed by atoms with van der Waals surface area (Å²) >= 11 is 1.35. The summed E-state index contributed by atoms with van der Waals surface area (Å²) in [5.41, 5.74) is 1.11. The lowest BCUT2D eigenvalue weighted by molar-refractivity contribution is 0.0997. The molecule has 2 aromatic carbocycles. The first kappa shape index (κ1) is 24.2. The Kier molecular flexibility index (Phi) is 7.51. The standard InChI is InChI=1S/C25H27N3O4S2/c1-3-16-28-23-21(32-4-2)10-9-11-22(23)33-25(28)26-24(29)19-12-14-20(15-13-19)34(30,31)27-17-7-5-6-8-18-27/h1,9-15H,4-8,16-18H2,2H3. The van der Waals surface area contributed by atoms with E-state index in [-0.39, 0.29) is 11.4 Å². The van der Waals surface area contributed by atoms with E-state index in [1.165, 1.54) is 39.9 Å². The van der Waals surface area contributed by atoms with Crippen LogP contribution in [0.15, 0.2) is 52.4 Å². The number of thiazole rings is 1. The van der Waals surface area contributed by atoms with Crippen LogP contribution in [0.5, 0.6) is 5.75 Å². The number of nitrogens with zero attached hydrogens (tertiary/aromatic N) is 3. The average Bonchev–Trinajstić information content (AvgIpc) is 3.00. The molecular formula is C25H27N3O4S2. The molecule has 4 rings (SSSR count). The maximum atomic E-state index is 13.0. The number of hydrogen-bond donors (Lipinski definition) is 0. The molecule has 0 radical (unpaired) electrons. The Hall–Kier alpha value is -2.93. The molecule has 9 heteroatoms. The Balaban J connectivity index is 1.66. The summed E-state index contributed by atoms with van der Waals surface area (Å²) in [6, 6.07) is 11.7. The van der Waals surface area contributed by atoms with Gasteiger partial charge in [0.15, 0.2) is 4.80 Å². The van der Waals surface area contributed by atoms with Crippen molar-refractivity contribution in [3.05, 3.63) is 52.8 Å². The number of aromatic nitrogens is 1. The van der Waals surface area contributed by atoms with Gasteiger partial charge < -0.3 is 9.30 Å². The number of carbonyl (C=O) groups is 1. The van der Waals surface area contributed by atoms with Crippen LogP contribution >= 0.6 is 11.3 Å². The van der Waals surface area contributed by atoms with E-state index < -0.39 is 15.9 Å². The highest BCUT2D eigenvalue weighted by atomic mass is 32.2. The molecule has 1 aromatic heterocycles. The van der Waals surface area contributed by atoms with Crippen molar-refractivity contribution in [3.63, 3.8) is 0 Å². The quantitative estimate of drug-likeness (QED) is 0.482. The molecule has 0 atom stereocenters. The molecule has 0 spiro atoms. The third kappa shape index (κ3) is 4.94. The van der Waals surface area contributed by atoms with Gasteiger partial charge in [-0.25, -0.2) is 8.42 Å². The molecule has 1 fully saturated rings. The van der Waals surface area contributed by atoms with Crippen molar-refractivity contribution >= 4 is 37.5 Å². The maximum Gasteiger partial charge on any atom is 0.279 e. The van der Waals surface area contributed by atoms with Gasteiger partial charge in [0.2, 0.25) is 10.0 Å². The van der Waals surface area contributed by atoms with Crippen LogP contribution in [-0.2, 0) is 16.6 Å². The largest absolute Gasteiger partial charge is 0.492 e. The Labute approximate surface area is 203 Å². The first-order valence-electron chi connectivity index (χ1n) is 11.3. The second kappa shape index (κ2) is 10.6. The van der Waals surface area contributed by atoms with Crippen LogP contribution in [0, 0.1) is 12.3 Å². The molecule has 1 amide bonds. The Morgan fingerprint density at radius 3 is 2.47 bits per heavy atom. The van der Waals surface area contributed by atoms with E-state index in [4.69, 9.17) is 11.2 Å². The SMILES string of the molecule is C#CCn1c(=NC(=O)c2ccc(S(=O)(=O)N3CCCCCC3)cc2)sc2cccc(OCC)c21. The molecule has 0 bridgehead atoms. The van der Waals surface area contributed by atoms with Crippen molar-refractivity contribution < 1.29 is 17.9 Å². The fraction of sp³-hybridized carbons (Fsp3) is 0.360. The lowest BCUT2D eigenvalue weighted by atomic mass is 10.2. The molecule has 0 saturated carbocycles. The minimum atomic E-state index is -3.58. The van der Waals surface area contributed by atoms with E-state index in [0.717, 1.165) is 35.9 Å². The zero-order valence-electron chi connectivity index (χ0n) is 19.1. The molecule has 0 aliphatic carbocycles. The van der Waals surface area contributed by atoms with Crippen molar-refractivity contribution in [2.45, 2.75) is 44.0 Å². The number of hydrogen-bond acceptors (Lipinski definition) is 5. The monoisotopic (exact) mass is 497 g/mol. The highest BCUT2D eigenvalue weighted by Gasteiger charge is 2.25. The molecule has 3 aromatic rings. The molecule has 1 saturated heterocycles. The Morgan fingerprint density at radius 1 is 1.12 bits per heavy atom. The first-order chi connectivity index (χ1) is 16.5. The van der Waals surface area contributed by atoms with Gasteiger partial charge in [0.1, 0.15) is 11.3 Å². The van der Waals surface area contributed by atoms with Gasteiger partial charge in [-0.1, -0.05) is 36.2 Å². The van der Waals surface area contributed by atoms with Gasteiger partial charge in [0, 0.05) is 18.7 Å². The first-order valence-corrected chi connectivity index (χ1v) is 13.6. The average molecular weight is 498 g/mol. The van der Waals surface area contributed by atoms with Gasteiger partial charge in [-0.3, -0.25) is 4.79 Å². The Bertz CT molecular complexity index is 1390. The van der Waals surface area contributed by atoms with Gasteiger partial charge in [-0.2, -0.15) is 9.30 Å². The summed E-state index contributed by atoms with van der Waals surface area (Å²) in [5, 5.41) is 0. The molecule has 0 N–H and O–H groups in total. The normalized spacial score (nSPS) is 15.7. The molecule has 7 nitrogen and oxygen atoms in total. The lowest BCUT2D eigenvalue weighted by Gasteiger charge is -2.19. The van der Waals surface area contributed by atoms with Crippen molar-refractivity contribution in [1.82, 2.24) is 8.87 Å². The number of terminal acetylenes is 1. The van der Waals surface area contributed by atoms with E-state index in [0.29, 0.717) is 35.8 Å². The molecule has 1 aliphatic rings. The summed E-state index contributed by atoms with van der Waals surface area (Å²) in [7, 11) is -3.58. The predicted octanol–water partition coefficient (Wildman–Crippen LogP) is 4.04. The van der Waals surface area contributed by atoms with Crippen LogP contribution in [0.3, 0.4) is 0 Å². The predicted molar refractivity (Wildman–Crippen MR) is 133 cm³/mol. The summed E-state index contributed by atoms with van der Waals surface area (Å²) < 4.78 is 36.0. The number of ether oxygens (including phenoxy) is 1. The summed E-state index contributed by atoms with van der Waals surface area (Å²) in [4.78, 5) is 17.9. The van der Waals surface area contributed by atoms with Crippen LogP contribution in [0.1, 0.15) is 43.0 Å². The van der Waals surface area contributed by atoms with E-state index in [1.807, 2.05) is 25.1 Å². The fourth-order valence-electron chi connectivity index (χ4n) is 4.04. The van der Waals surface area contributed by atoms with Crippen molar-refractivity contribution in [2.24, 2.45) is 4.99 Å². The van der Waals surface area contributed by atoms with Crippen LogP contribution in [0.2, 0.25) is 0 Å². The number of sulfonamides is 1. The van der Waals surface area contributed by atoms with Crippen molar-refractivity contribution in [3.8, 4) is 18.1 Å². The smallest absolute Gasteiger partial charge is 0.279 e. The number of para-hydroxylation sites is 1. The number of fused-ring (bicyclic) bond motifs is 1. The van der Waals surface area contributed by atoms with Gasteiger partial charge >= 0.3 is 0 Å². The molecule has 1 aliphatic heterocycles. The fourth-order valence-corrected chi connectivity index (χ4v) is 6.61. The number of rotatable bonds is 6. The molecular weight excluding hydrogens is 470 g/mol. The van der Waals surface area contributed by atoms with Gasteiger partial charge in [0.05, 0.1) is 22.7 Å². The third-order valence-electron chi connectivity index (χ3n) is 5.71. The van der Waals surface area contributed by atoms with Crippen molar-refractivity contribution in [1.29, 1.82) is 0 Å². The zero-order chi connectivity index (χ0) is 24.1. The van der Waals surface area contributed by atoms with Crippen LogP contribution < -0.4 is 9.54 Å². The number of benzene rings is 2. The molecule has 34 heavy (non-hydrogen) atoms. The highest BCUT2D eigenvalue weighted by molar-refractivity contribution is 7.89. The third-order valence-corrected chi connectivity index (χ3v) is 8.67. The lowest BCUT2D eigenvalue weighted by Crippen LogP contribution is -2.31. The van der Waals surface area contributed by atoms with Crippen LogP contribution in [-0.4, -0.2) is 42.9 Å². The topological polar surface area (TPSA) is 81.0 Å². The molecule has 0 unspecified atom stereocenters. The van der Waals surface area contributed by atoms with Gasteiger partial charge in [-0.15, -0.1) is 6.42 Å². The van der Waals surface area contributed by atoms with Gasteiger partial charge in [-0.05, 0) is 56.2 Å². The minimum absolute atomic E-state index is 0.191. The van der Waals surface area contributed by atoms with Crippen LogP contribution in [0.25, 0.3) is 10.2 Å².